The first-order chi connectivity index (χ1) is 6.27. The summed E-state index contributed by atoms with van der Waals surface area (Å²) >= 11 is 1.91. The van der Waals surface area contributed by atoms with Crippen LogP contribution in [-0.2, 0) is 0 Å². The zero-order valence-electron chi connectivity index (χ0n) is 7.43. The van der Waals surface area contributed by atoms with Gasteiger partial charge in [0.2, 0.25) is 0 Å². The van der Waals surface area contributed by atoms with Crippen LogP contribution in [-0.4, -0.2) is 26.8 Å². The van der Waals surface area contributed by atoms with Crippen LogP contribution in [0, 0.1) is 0 Å². The molecule has 1 saturated heterocycles. The Morgan fingerprint density at radius 1 is 1.69 bits per heavy atom. The summed E-state index contributed by atoms with van der Waals surface area (Å²) in [6, 6.07) is 0. The molecule has 0 radical (unpaired) electrons. The smallest absolute Gasteiger partial charge is 0.255 e. The van der Waals surface area contributed by atoms with Crippen LogP contribution in [0.2, 0.25) is 0 Å². The summed E-state index contributed by atoms with van der Waals surface area (Å²) in [7, 11) is 0. The largest absolute Gasteiger partial charge is 0.384 e. The van der Waals surface area contributed by atoms with Gasteiger partial charge in [-0.1, -0.05) is 5.16 Å². The monoisotopic (exact) mass is 200 g/mol. The maximum atomic E-state index is 9.18. The molecule has 1 aromatic heterocycles. The molecule has 1 aromatic rings. The lowest BCUT2D eigenvalue weighted by molar-refractivity contribution is 0.151. The lowest BCUT2D eigenvalue weighted by Gasteiger charge is -1.98. The van der Waals surface area contributed by atoms with Crippen molar-refractivity contribution in [2.24, 2.45) is 0 Å². The quantitative estimate of drug-likeness (QED) is 0.780. The minimum atomic E-state index is -0.657. The summed E-state index contributed by atoms with van der Waals surface area (Å²) in [6.45, 7) is 1.63. The second-order valence-electron chi connectivity index (χ2n) is 3.23. The van der Waals surface area contributed by atoms with Gasteiger partial charge in [-0.15, -0.1) is 0 Å². The molecule has 0 aromatic carbocycles. The van der Waals surface area contributed by atoms with E-state index in [0.717, 1.165) is 18.0 Å². The summed E-state index contributed by atoms with van der Waals surface area (Å²) in [4.78, 5) is 4.15. The van der Waals surface area contributed by atoms with Crippen molar-refractivity contribution in [2.75, 3.05) is 11.5 Å². The second-order valence-corrected chi connectivity index (χ2v) is 4.38. The molecular formula is C8H12N2O2S. The van der Waals surface area contributed by atoms with E-state index in [4.69, 9.17) is 4.52 Å². The molecule has 0 bridgehead atoms. The van der Waals surface area contributed by atoms with Crippen LogP contribution in [0.1, 0.15) is 37.1 Å². The van der Waals surface area contributed by atoms with Crippen molar-refractivity contribution in [1.82, 2.24) is 10.1 Å². The maximum Gasteiger partial charge on any atom is 0.255 e. The molecule has 4 nitrogen and oxygen atoms in total. The average molecular weight is 200 g/mol. The maximum absolute atomic E-state index is 9.18. The van der Waals surface area contributed by atoms with E-state index in [2.05, 4.69) is 10.1 Å². The van der Waals surface area contributed by atoms with Gasteiger partial charge in [0.05, 0.1) is 0 Å². The van der Waals surface area contributed by atoms with Crippen LogP contribution >= 0.6 is 11.8 Å². The van der Waals surface area contributed by atoms with Gasteiger partial charge in [-0.25, -0.2) is 0 Å². The Labute approximate surface area is 80.7 Å². The third-order valence-electron chi connectivity index (χ3n) is 2.11. The average Bonchev–Trinajstić information content (AvgIpc) is 2.75. The molecule has 0 spiro atoms. The third kappa shape index (κ3) is 1.86. The highest BCUT2D eigenvalue weighted by Gasteiger charge is 2.23. The van der Waals surface area contributed by atoms with Crippen molar-refractivity contribution in [1.29, 1.82) is 0 Å². The lowest BCUT2D eigenvalue weighted by Crippen LogP contribution is -1.99. The summed E-state index contributed by atoms with van der Waals surface area (Å²) in [6.07, 6.45) is 0.457. The van der Waals surface area contributed by atoms with Crippen molar-refractivity contribution in [3.05, 3.63) is 11.7 Å². The summed E-state index contributed by atoms with van der Waals surface area (Å²) in [5.41, 5.74) is 0. The van der Waals surface area contributed by atoms with E-state index >= 15 is 0 Å². The number of rotatable bonds is 2. The van der Waals surface area contributed by atoms with Crippen LogP contribution in [0.4, 0.5) is 0 Å². The Kier molecular flexibility index (Phi) is 2.55. The van der Waals surface area contributed by atoms with Gasteiger partial charge in [0.1, 0.15) is 6.10 Å². The molecule has 13 heavy (non-hydrogen) atoms. The van der Waals surface area contributed by atoms with Crippen LogP contribution in [0.15, 0.2) is 4.52 Å². The van der Waals surface area contributed by atoms with Gasteiger partial charge in [0.15, 0.2) is 5.82 Å². The van der Waals surface area contributed by atoms with E-state index in [1.54, 1.807) is 6.92 Å². The SMILES string of the molecule is CC(O)c1nc(C2CCSC2)no1. The molecule has 1 aliphatic heterocycles. The Balaban J connectivity index is 2.12. The van der Waals surface area contributed by atoms with Gasteiger partial charge < -0.3 is 9.63 Å². The van der Waals surface area contributed by atoms with Gasteiger partial charge in [-0.05, 0) is 19.1 Å². The fourth-order valence-corrected chi connectivity index (χ4v) is 2.54. The third-order valence-corrected chi connectivity index (χ3v) is 3.27. The van der Waals surface area contributed by atoms with Crippen molar-refractivity contribution in [3.63, 3.8) is 0 Å². The normalized spacial score (nSPS) is 24.9. The molecule has 2 unspecified atom stereocenters. The number of nitrogens with zero attached hydrogens (tertiary/aromatic N) is 2. The Hall–Kier alpha value is -0.550. The highest BCUT2D eigenvalue weighted by molar-refractivity contribution is 7.99. The highest BCUT2D eigenvalue weighted by Crippen LogP contribution is 2.30. The highest BCUT2D eigenvalue weighted by atomic mass is 32.2. The predicted molar refractivity (Wildman–Crippen MR) is 49.6 cm³/mol. The van der Waals surface area contributed by atoms with E-state index in [1.807, 2.05) is 11.8 Å². The van der Waals surface area contributed by atoms with Crippen LogP contribution in [0.5, 0.6) is 0 Å². The minimum Gasteiger partial charge on any atom is -0.384 e. The van der Waals surface area contributed by atoms with Gasteiger partial charge in [-0.3, -0.25) is 0 Å². The molecule has 2 heterocycles. The van der Waals surface area contributed by atoms with Crippen molar-refractivity contribution < 1.29 is 9.63 Å². The number of aliphatic hydroxyl groups is 1. The molecule has 1 N–H and O–H groups in total. The number of hydrogen-bond donors (Lipinski definition) is 1. The molecule has 0 saturated carbocycles. The Morgan fingerprint density at radius 3 is 3.08 bits per heavy atom. The zero-order valence-corrected chi connectivity index (χ0v) is 8.25. The van der Waals surface area contributed by atoms with Crippen molar-refractivity contribution in [3.8, 4) is 0 Å². The van der Waals surface area contributed by atoms with Crippen LogP contribution < -0.4 is 0 Å². The van der Waals surface area contributed by atoms with E-state index in [0.29, 0.717) is 11.8 Å². The van der Waals surface area contributed by atoms with Crippen molar-refractivity contribution >= 4 is 11.8 Å². The second kappa shape index (κ2) is 3.67. The van der Waals surface area contributed by atoms with E-state index in [1.165, 1.54) is 5.75 Å². The first-order valence-corrected chi connectivity index (χ1v) is 5.52. The zero-order chi connectivity index (χ0) is 9.26. The van der Waals surface area contributed by atoms with E-state index in [9.17, 15) is 5.11 Å². The number of aromatic nitrogens is 2. The van der Waals surface area contributed by atoms with Crippen LogP contribution in [0.3, 0.4) is 0 Å². The lowest BCUT2D eigenvalue weighted by atomic mass is 10.1. The predicted octanol–water partition coefficient (Wildman–Crippen LogP) is 1.34. The number of thioether (sulfide) groups is 1. The number of hydrogen-bond acceptors (Lipinski definition) is 5. The van der Waals surface area contributed by atoms with E-state index in [-0.39, 0.29) is 0 Å². The number of aliphatic hydroxyl groups excluding tert-OH is 1. The Morgan fingerprint density at radius 2 is 2.54 bits per heavy atom. The summed E-state index contributed by atoms with van der Waals surface area (Å²) < 4.78 is 4.92. The molecular weight excluding hydrogens is 188 g/mol. The molecule has 2 rings (SSSR count). The molecule has 0 amide bonds. The molecule has 2 atom stereocenters. The van der Waals surface area contributed by atoms with Gasteiger partial charge in [-0.2, -0.15) is 16.7 Å². The van der Waals surface area contributed by atoms with Crippen molar-refractivity contribution in [2.45, 2.75) is 25.4 Å². The van der Waals surface area contributed by atoms with Gasteiger partial charge in [0.25, 0.3) is 5.89 Å². The van der Waals surface area contributed by atoms with Crippen LogP contribution in [0.25, 0.3) is 0 Å². The fraction of sp³-hybridized carbons (Fsp3) is 0.750. The molecule has 0 aliphatic carbocycles. The summed E-state index contributed by atoms with van der Waals surface area (Å²) in [5.74, 6) is 3.73. The molecule has 1 fully saturated rings. The van der Waals surface area contributed by atoms with Gasteiger partial charge >= 0.3 is 0 Å². The minimum absolute atomic E-state index is 0.326. The fourth-order valence-electron chi connectivity index (χ4n) is 1.32. The standard InChI is InChI=1S/C8H12N2O2S/c1-5(11)8-9-7(10-12-8)6-2-3-13-4-6/h5-6,11H,2-4H2,1H3. The van der Waals surface area contributed by atoms with E-state index < -0.39 is 6.10 Å². The topological polar surface area (TPSA) is 59.2 Å². The first-order valence-electron chi connectivity index (χ1n) is 4.36. The first kappa shape index (κ1) is 9.02. The summed E-state index contributed by atoms with van der Waals surface area (Å²) in [5, 5.41) is 13.0. The molecule has 72 valence electrons. The van der Waals surface area contributed by atoms with Gasteiger partial charge in [0, 0.05) is 11.7 Å². The Bertz CT molecular complexity index is 281. The molecule has 5 heteroatoms. The molecule has 1 aliphatic rings.